The Kier molecular flexibility index (Phi) is 2.82. The monoisotopic (exact) mass is 210 g/mol. The van der Waals surface area contributed by atoms with Gasteiger partial charge in [-0.2, -0.15) is 0 Å². The van der Waals surface area contributed by atoms with Crippen LogP contribution in [-0.4, -0.2) is 17.7 Å². The Hall–Kier alpha value is -1.96. The van der Waals surface area contributed by atoms with Gasteiger partial charge in [-0.15, -0.1) is 13.2 Å². The first-order valence-corrected chi connectivity index (χ1v) is 5.20. The van der Waals surface area contributed by atoms with E-state index in [-0.39, 0.29) is 5.41 Å². The molecule has 1 aromatic rings. The van der Waals surface area contributed by atoms with E-state index in [2.05, 4.69) is 23.1 Å². The Labute approximate surface area is 95.8 Å². The number of allylic oxidation sites excluding steroid dienone is 1. The summed E-state index contributed by atoms with van der Waals surface area (Å²) in [6, 6.07) is 3.99. The molecule has 80 valence electrons. The lowest BCUT2D eigenvalue weighted by molar-refractivity contribution is 0.665. The van der Waals surface area contributed by atoms with Crippen molar-refractivity contribution in [3.63, 3.8) is 0 Å². The molecule has 0 atom stereocenters. The summed E-state index contributed by atoms with van der Waals surface area (Å²) in [6.45, 7) is 8.48. The van der Waals surface area contributed by atoms with Crippen molar-refractivity contribution in [1.82, 2.24) is 4.98 Å². The molecule has 0 saturated heterocycles. The standard InChI is InChI=1S/C14H14N2/c1-3-14(4-2)11-16-10-7-13(14)12-5-8-15-9-6-12/h3-10H,1-2,11H2. The molecule has 0 fully saturated rings. The van der Waals surface area contributed by atoms with Gasteiger partial charge in [-0.25, -0.2) is 0 Å². The normalized spacial score (nSPS) is 17.6. The second-order valence-corrected chi connectivity index (χ2v) is 3.75. The fraction of sp³-hybridized carbons (Fsp3) is 0.143. The van der Waals surface area contributed by atoms with E-state index in [0.29, 0.717) is 6.54 Å². The lowest BCUT2D eigenvalue weighted by Gasteiger charge is -2.30. The molecule has 2 nitrogen and oxygen atoms in total. The molecule has 0 unspecified atom stereocenters. The smallest absolute Gasteiger partial charge is 0.0556 e. The first-order chi connectivity index (χ1) is 7.82. The molecule has 0 amide bonds. The third kappa shape index (κ3) is 1.63. The molecular formula is C14H14N2. The molecule has 2 rings (SSSR count). The van der Waals surface area contributed by atoms with Crippen LogP contribution in [0, 0.1) is 5.41 Å². The Morgan fingerprint density at radius 2 is 1.88 bits per heavy atom. The number of rotatable bonds is 3. The van der Waals surface area contributed by atoms with Gasteiger partial charge >= 0.3 is 0 Å². The maximum atomic E-state index is 4.29. The van der Waals surface area contributed by atoms with Crippen LogP contribution in [0.2, 0.25) is 0 Å². The Balaban J connectivity index is 2.52. The van der Waals surface area contributed by atoms with E-state index in [1.807, 2.05) is 36.6 Å². The third-order valence-electron chi connectivity index (χ3n) is 2.92. The van der Waals surface area contributed by atoms with E-state index in [0.717, 1.165) is 5.56 Å². The van der Waals surface area contributed by atoms with Gasteiger partial charge in [0.2, 0.25) is 0 Å². The first kappa shape index (κ1) is 10.6. The van der Waals surface area contributed by atoms with Crippen LogP contribution in [0.25, 0.3) is 5.57 Å². The molecule has 0 saturated carbocycles. The SMILES string of the molecule is C=CC1(C=C)CN=CC=C1c1ccncc1. The zero-order chi connectivity index (χ0) is 11.4. The highest BCUT2D eigenvalue weighted by molar-refractivity contribution is 5.90. The molecular weight excluding hydrogens is 196 g/mol. The van der Waals surface area contributed by atoms with E-state index in [1.54, 1.807) is 12.4 Å². The molecule has 0 aliphatic carbocycles. The molecule has 0 bridgehead atoms. The average Bonchev–Trinajstić information content (AvgIpc) is 2.39. The highest BCUT2D eigenvalue weighted by Gasteiger charge is 2.29. The Morgan fingerprint density at radius 1 is 1.19 bits per heavy atom. The fourth-order valence-corrected chi connectivity index (χ4v) is 1.90. The van der Waals surface area contributed by atoms with Crippen molar-refractivity contribution in [3.05, 3.63) is 61.5 Å². The van der Waals surface area contributed by atoms with Gasteiger partial charge < -0.3 is 0 Å². The minimum absolute atomic E-state index is 0.254. The molecule has 0 N–H and O–H groups in total. The van der Waals surface area contributed by atoms with E-state index in [9.17, 15) is 0 Å². The van der Waals surface area contributed by atoms with E-state index >= 15 is 0 Å². The zero-order valence-corrected chi connectivity index (χ0v) is 9.13. The molecule has 1 aromatic heterocycles. The highest BCUT2D eigenvalue weighted by Crippen LogP contribution is 2.38. The summed E-state index contributed by atoms with van der Waals surface area (Å²) in [7, 11) is 0. The molecule has 0 spiro atoms. The van der Waals surface area contributed by atoms with E-state index in [4.69, 9.17) is 0 Å². The summed E-state index contributed by atoms with van der Waals surface area (Å²) in [5, 5.41) is 0. The topological polar surface area (TPSA) is 25.2 Å². The lowest BCUT2D eigenvalue weighted by Crippen LogP contribution is -2.23. The summed E-state index contributed by atoms with van der Waals surface area (Å²) in [4.78, 5) is 8.32. The third-order valence-corrected chi connectivity index (χ3v) is 2.92. The summed E-state index contributed by atoms with van der Waals surface area (Å²) < 4.78 is 0. The van der Waals surface area contributed by atoms with Gasteiger partial charge in [0.15, 0.2) is 0 Å². The van der Waals surface area contributed by atoms with Crippen molar-refractivity contribution < 1.29 is 0 Å². The van der Waals surface area contributed by atoms with Gasteiger partial charge in [-0.1, -0.05) is 12.2 Å². The second kappa shape index (κ2) is 4.27. The number of hydrogen-bond donors (Lipinski definition) is 0. The number of pyridine rings is 1. The number of aromatic nitrogens is 1. The van der Waals surface area contributed by atoms with Crippen molar-refractivity contribution in [2.45, 2.75) is 0 Å². The van der Waals surface area contributed by atoms with E-state index < -0.39 is 0 Å². The summed E-state index contributed by atoms with van der Waals surface area (Å²) in [5.41, 5.74) is 2.06. The number of nitrogens with zero attached hydrogens (tertiary/aromatic N) is 2. The molecule has 2 heterocycles. The van der Waals surface area contributed by atoms with Gasteiger partial charge in [0, 0.05) is 18.6 Å². The summed E-state index contributed by atoms with van der Waals surface area (Å²) in [5.74, 6) is 0. The van der Waals surface area contributed by atoms with Crippen molar-refractivity contribution in [2.75, 3.05) is 6.54 Å². The van der Waals surface area contributed by atoms with Gasteiger partial charge in [0.1, 0.15) is 0 Å². The minimum atomic E-state index is -0.254. The Bertz CT molecular complexity index is 447. The van der Waals surface area contributed by atoms with Crippen LogP contribution in [0.5, 0.6) is 0 Å². The maximum Gasteiger partial charge on any atom is 0.0556 e. The van der Waals surface area contributed by atoms with Gasteiger partial charge in [-0.05, 0) is 29.3 Å². The highest BCUT2D eigenvalue weighted by atomic mass is 14.7. The molecule has 1 aliphatic rings. The van der Waals surface area contributed by atoms with Crippen LogP contribution in [0.4, 0.5) is 0 Å². The molecule has 0 radical (unpaired) electrons. The predicted molar refractivity (Wildman–Crippen MR) is 68.4 cm³/mol. The first-order valence-electron chi connectivity index (χ1n) is 5.20. The summed E-state index contributed by atoms with van der Waals surface area (Å²) >= 11 is 0. The van der Waals surface area contributed by atoms with Crippen molar-refractivity contribution in [3.8, 4) is 0 Å². The van der Waals surface area contributed by atoms with Crippen LogP contribution in [0.15, 0.2) is 60.9 Å². The van der Waals surface area contributed by atoms with Crippen molar-refractivity contribution in [1.29, 1.82) is 0 Å². The van der Waals surface area contributed by atoms with Crippen LogP contribution in [0.3, 0.4) is 0 Å². The lowest BCUT2D eigenvalue weighted by atomic mass is 9.76. The van der Waals surface area contributed by atoms with Crippen molar-refractivity contribution >= 4 is 11.8 Å². The predicted octanol–water partition coefficient (Wildman–Crippen LogP) is 2.91. The van der Waals surface area contributed by atoms with Gasteiger partial charge in [-0.3, -0.25) is 9.98 Å². The number of hydrogen-bond acceptors (Lipinski definition) is 2. The van der Waals surface area contributed by atoms with Crippen LogP contribution in [-0.2, 0) is 0 Å². The number of dihydropyridines is 1. The van der Waals surface area contributed by atoms with Crippen LogP contribution >= 0.6 is 0 Å². The van der Waals surface area contributed by atoms with Crippen LogP contribution < -0.4 is 0 Å². The fourth-order valence-electron chi connectivity index (χ4n) is 1.90. The quantitative estimate of drug-likeness (QED) is 0.704. The van der Waals surface area contributed by atoms with Crippen LogP contribution in [0.1, 0.15) is 5.56 Å². The van der Waals surface area contributed by atoms with Gasteiger partial charge in [0.25, 0.3) is 0 Å². The van der Waals surface area contributed by atoms with E-state index in [1.165, 1.54) is 5.57 Å². The molecule has 2 heteroatoms. The molecule has 16 heavy (non-hydrogen) atoms. The average molecular weight is 210 g/mol. The Morgan fingerprint density at radius 3 is 2.50 bits per heavy atom. The largest absolute Gasteiger partial charge is 0.292 e. The minimum Gasteiger partial charge on any atom is -0.292 e. The maximum absolute atomic E-state index is 4.29. The van der Waals surface area contributed by atoms with Gasteiger partial charge in [0.05, 0.1) is 12.0 Å². The molecule has 1 aliphatic heterocycles. The summed E-state index contributed by atoms with van der Waals surface area (Å²) in [6.07, 6.45) is 11.2. The zero-order valence-electron chi connectivity index (χ0n) is 9.13. The van der Waals surface area contributed by atoms with Crippen molar-refractivity contribution in [2.24, 2.45) is 10.4 Å². The second-order valence-electron chi connectivity index (χ2n) is 3.75. The number of aliphatic imine (C=N–C) groups is 1. The molecule has 0 aromatic carbocycles.